The fraction of sp³-hybridized carbons (Fsp3) is 0.133. The molecular weight excluding hydrogens is 247 g/mol. The lowest BCUT2D eigenvalue weighted by Crippen LogP contribution is -2.00. The number of aldehydes is 1. The molecule has 19 heavy (non-hydrogen) atoms. The largest absolute Gasteiger partial charge is 0.494 e. The molecule has 0 aromatic heterocycles. The van der Waals surface area contributed by atoms with Crippen molar-refractivity contribution in [3.05, 3.63) is 59.4 Å². The molecule has 2 rings (SSSR count). The lowest BCUT2D eigenvalue weighted by molar-refractivity contribution is 0.112. The second-order valence-corrected chi connectivity index (χ2v) is 3.91. The maximum atomic E-state index is 13.9. The highest BCUT2D eigenvalue weighted by molar-refractivity contribution is 5.75. The smallest absolute Gasteiger partial charge is 0.171 e. The van der Waals surface area contributed by atoms with Gasteiger partial charge < -0.3 is 9.47 Å². The molecule has 0 aliphatic heterocycles. The Morgan fingerprint density at radius 3 is 2.74 bits per heavy atom. The predicted octanol–water partition coefficient (Wildman–Crippen LogP) is 3.23. The zero-order valence-electron chi connectivity index (χ0n) is 10.4. The van der Waals surface area contributed by atoms with E-state index in [1.807, 2.05) is 0 Å². The topological polar surface area (TPSA) is 35.5 Å². The number of hydrogen-bond donors (Lipinski definition) is 0. The van der Waals surface area contributed by atoms with Crippen LogP contribution in [0.3, 0.4) is 0 Å². The van der Waals surface area contributed by atoms with Gasteiger partial charge in [-0.2, -0.15) is 0 Å². The van der Waals surface area contributed by atoms with Crippen LogP contribution in [0.4, 0.5) is 4.39 Å². The van der Waals surface area contributed by atoms with E-state index in [1.165, 1.54) is 7.11 Å². The third-order valence-electron chi connectivity index (χ3n) is 2.65. The summed E-state index contributed by atoms with van der Waals surface area (Å²) in [5.74, 6) is 0.270. The summed E-state index contributed by atoms with van der Waals surface area (Å²) >= 11 is 0. The molecule has 0 amide bonds. The van der Waals surface area contributed by atoms with E-state index in [-0.39, 0.29) is 12.4 Å². The van der Waals surface area contributed by atoms with Crippen LogP contribution in [0.15, 0.2) is 42.5 Å². The van der Waals surface area contributed by atoms with Crippen LogP contribution in [-0.4, -0.2) is 13.4 Å². The average molecular weight is 260 g/mol. The Bertz CT molecular complexity index is 581. The van der Waals surface area contributed by atoms with Gasteiger partial charge in [0.1, 0.15) is 18.6 Å². The number of methoxy groups -OCH3 is 1. The Morgan fingerprint density at radius 2 is 2.00 bits per heavy atom. The van der Waals surface area contributed by atoms with Crippen LogP contribution in [0, 0.1) is 5.82 Å². The summed E-state index contributed by atoms with van der Waals surface area (Å²) in [6.07, 6.45) is 0.735. The zero-order valence-corrected chi connectivity index (χ0v) is 10.4. The number of hydrogen-bond acceptors (Lipinski definition) is 3. The summed E-state index contributed by atoms with van der Waals surface area (Å²) in [4.78, 5) is 10.6. The maximum absolute atomic E-state index is 13.9. The van der Waals surface area contributed by atoms with E-state index in [1.54, 1.807) is 42.5 Å². The second-order valence-electron chi connectivity index (χ2n) is 3.91. The normalized spacial score (nSPS) is 10.0. The van der Waals surface area contributed by atoms with Crippen LogP contribution in [-0.2, 0) is 6.61 Å². The van der Waals surface area contributed by atoms with E-state index in [0.29, 0.717) is 16.9 Å². The van der Waals surface area contributed by atoms with Crippen molar-refractivity contribution in [2.24, 2.45) is 0 Å². The quantitative estimate of drug-likeness (QED) is 0.774. The predicted molar refractivity (Wildman–Crippen MR) is 69.1 cm³/mol. The van der Waals surface area contributed by atoms with Gasteiger partial charge >= 0.3 is 0 Å². The molecule has 0 unspecified atom stereocenters. The minimum absolute atomic E-state index is 0.0747. The number of ether oxygens (including phenoxy) is 2. The lowest BCUT2D eigenvalue weighted by atomic mass is 10.2. The molecule has 0 bridgehead atoms. The van der Waals surface area contributed by atoms with Crippen LogP contribution in [0.25, 0.3) is 0 Å². The molecule has 0 radical (unpaired) electrons. The van der Waals surface area contributed by atoms with Gasteiger partial charge in [-0.25, -0.2) is 4.39 Å². The highest BCUT2D eigenvalue weighted by Gasteiger charge is 2.08. The van der Waals surface area contributed by atoms with Crippen LogP contribution in [0.2, 0.25) is 0 Å². The Balaban J connectivity index is 2.12. The highest BCUT2D eigenvalue weighted by atomic mass is 19.1. The molecule has 0 aliphatic carbocycles. The van der Waals surface area contributed by atoms with E-state index in [9.17, 15) is 9.18 Å². The average Bonchev–Trinajstić information content (AvgIpc) is 2.46. The van der Waals surface area contributed by atoms with Gasteiger partial charge in [-0.1, -0.05) is 24.3 Å². The Morgan fingerprint density at radius 1 is 1.21 bits per heavy atom. The monoisotopic (exact) mass is 260 g/mol. The fourth-order valence-corrected chi connectivity index (χ4v) is 1.66. The van der Waals surface area contributed by atoms with Crippen LogP contribution in [0.5, 0.6) is 11.5 Å². The van der Waals surface area contributed by atoms with Crippen LogP contribution < -0.4 is 9.47 Å². The van der Waals surface area contributed by atoms with Crippen molar-refractivity contribution in [3.63, 3.8) is 0 Å². The van der Waals surface area contributed by atoms with E-state index in [2.05, 4.69) is 0 Å². The molecule has 0 saturated carbocycles. The minimum atomic E-state index is -0.434. The van der Waals surface area contributed by atoms with Crippen LogP contribution >= 0.6 is 0 Å². The molecule has 4 heteroatoms. The standard InChI is InChI=1S/C15H13FO3/c1-18-14-7-3-5-12(15(14)16)10-19-13-6-2-4-11(8-13)9-17/h2-9H,10H2,1H3. The Kier molecular flexibility index (Phi) is 4.13. The van der Waals surface area contributed by atoms with E-state index >= 15 is 0 Å². The van der Waals surface area contributed by atoms with Crippen molar-refractivity contribution in [1.29, 1.82) is 0 Å². The van der Waals surface area contributed by atoms with Gasteiger partial charge in [0.25, 0.3) is 0 Å². The third-order valence-corrected chi connectivity index (χ3v) is 2.65. The van der Waals surface area contributed by atoms with Gasteiger partial charge in [0.15, 0.2) is 11.6 Å². The summed E-state index contributed by atoms with van der Waals surface area (Å²) < 4.78 is 24.2. The first kappa shape index (κ1) is 13.1. The molecule has 2 aromatic rings. The van der Waals surface area contributed by atoms with Gasteiger partial charge in [0.05, 0.1) is 7.11 Å². The van der Waals surface area contributed by atoms with E-state index in [0.717, 1.165) is 6.29 Å². The molecule has 3 nitrogen and oxygen atoms in total. The van der Waals surface area contributed by atoms with Crippen molar-refractivity contribution < 1.29 is 18.7 Å². The molecule has 0 N–H and O–H groups in total. The number of rotatable bonds is 5. The Hall–Kier alpha value is -2.36. The molecule has 0 atom stereocenters. The molecule has 0 heterocycles. The first-order chi connectivity index (χ1) is 9.24. The lowest BCUT2D eigenvalue weighted by Gasteiger charge is -2.09. The second kappa shape index (κ2) is 6.00. The summed E-state index contributed by atoms with van der Waals surface area (Å²) in [6.45, 7) is 0.0747. The van der Waals surface area contributed by atoms with Gasteiger partial charge in [0, 0.05) is 11.1 Å². The first-order valence-corrected chi connectivity index (χ1v) is 5.74. The summed E-state index contributed by atoms with van der Waals surface area (Å²) in [6, 6.07) is 11.6. The molecule has 0 spiro atoms. The SMILES string of the molecule is COc1cccc(COc2cccc(C=O)c2)c1F. The molecule has 0 saturated heterocycles. The third kappa shape index (κ3) is 3.10. The molecule has 98 valence electrons. The first-order valence-electron chi connectivity index (χ1n) is 5.74. The number of carbonyl (C=O) groups excluding carboxylic acids is 1. The van der Waals surface area contributed by atoms with Crippen molar-refractivity contribution in [2.75, 3.05) is 7.11 Å². The summed E-state index contributed by atoms with van der Waals surface area (Å²) in [5.41, 5.74) is 0.916. The molecule has 0 aliphatic rings. The number of halogens is 1. The van der Waals surface area contributed by atoms with E-state index in [4.69, 9.17) is 9.47 Å². The van der Waals surface area contributed by atoms with E-state index < -0.39 is 5.82 Å². The zero-order chi connectivity index (χ0) is 13.7. The van der Waals surface area contributed by atoms with Crippen molar-refractivity contribution in [1.82, 2.24) is 0 Å². The molecular formula is C15H13FO3. The molecule has 2 aromatic carbocycles. The van der Waals surface area contributed by atoms with Crippen molar-refractivity contribution in [2.45, 2.75) is 6.61 Å². The van der Waals surface area contributed by atoms with Gasteiger partial charge in [0.2, 0.25) is 0 Å². The summed E-state index contributed by atoms with van der Waals surface area (Å²) in [7, 11) is 1.41. The fourth-order valence-electron chi connectivity index (χ4n) is 1.66. The summed E-state index contributed by atoms with van der Waals surface area (Å²) in [5, 5.41) is 0. The number of carbonyl (C=O) groups is 1. The van der Waals surface area contributed by atoms with Gasteiger partial charge in [-0.3, -0.25) is 4.79 Å². The molecule has 0 fully saturated rings. The highest BCUT2D eigenvalue weighted by Crippen LogP contribution is 2.21. The van der Waals surface area contributed by atoms with Crippen molar-refractivity contribution >= 4 is 6.29 Å². The van der Waals surface area contributed by atoms with Crippen molar-refractivity contribution in [3.8, 4) is 11.5 Å². The maximum Gasteiger partial charge on any atom is 0.171 e. The van der Waals surface area contributed by atoms with Gasteiger partial charge in [-0.05, 0) is 18.2 Å². The number of benzene rings is 2. The minimum Gasteiger partial charge on any atom is -0.494 e. The van der Waals surface area contributed by atoms with Gasteiger partial charge in [-0.15, -0.1) is 0 Å². The Labute approximate surface area is 110 Å². The van der Waals surface area contributed by atoms with Crippen LogP contribution in [0.1, 0.15) is 15.9 Å².